The number of fused-ring (bicyclic) bond motifs is 1. The second kappa shape index (κ2) is 6.03. The third-order valence-corrected chi connectivity index (χ3v) is 4.84. The summed E-state index contributed by atoms with van der Waals surface area (Å²) in [5.41, 5.74) is 0.0637. The second-order valence-electron chi connectivity index (χ2n) is 6.41. The molecule has 1 unspecified atom stereocenters. The SMILES string of the molecule is CC1(C(=O)O)CCCN1C(=O)CCc1ccc2ccccc2c1. The lowest BCUT2D eigenvalue weighted by atomic mass is 9.98. The van der Waals surface area contributed by atoms with Gasteiger partial charge in [0.2, 0.25) is 5.91 Å². The number of amides is 1. The summed E-state index contributed by atoms with van der Waals surface area (Å²) in [6, 6.07) is 14.3. The van der Waals surface area contributed by atoms with Crippen LogP contribution in [0.2, 0.25) is 0 Å². The van der Waals surface area contributed by atoms with Gasteiger partial charge in [0, 0.05) is 13.0 Å². The number of benzene rings is 2. The summed E-state index contributed by atoms with van der Waals surface area (Å²) in [6.45, 7) is 2.19. The van der Waals surface area contributed by atoms with Gasteiger partial charge in [-0.25, -0.2) is 4.79 Å². The lowest BCUT2D eigenvalue weighted by Crippen LogP contribution is -2.50. The number of carbonyl (C=O) groups excluding carboxylic acids is 1. The van der Waals surface area contributed by atoms with Crippen molar-refractivity contribution in [2.75, 3.05) is 6.54 Å². The van der Waals surface area contributed by atoms with Crippen molar-refractivity contribution in [2.24, 2.45) is 0 Å². The molecule has 1 N–H and O–H groups in total. The average Bonchev–Trinajstić information content (AvgIpc) is 2.96. The first kappa shape index (κ1) is 15.5. The standard InChI is InChI=1S/C19H21NO3/c1-19(18(22)23)11-4-12-20(19)17(21)10-8-14-7-9-15-5-2-3-6-16(15)13-14/h2-3,5-7,9,13H,4,8,10-12H2,1H3,(H,22,23). The van der Waals surface area contributed by atoms with Crippen molar-refractivity contribution in [2.45, 2.75) is 38.1 Å². The molecule has 2 aromatic rings. The average molecular weight is 311 g/mol. The van der Waals surface area contributed by atoms with Crippen LogP contribution in [0.25, 0.3) is 10.8 Å². The Bertz CT molecular complexity index is 755. The summed E-state index contributed by atoms with van der Waals surface area (Å²) >= 11 is 0. The van der Waals surface area contributed by atoms with Crippen LogP contribution in [-0.4, -0.2) is 34.0 Å². The molecule has 4 heteroatoms. The minimum Gasteiger partial charge on any atom is -0.480 e. The predicted octanol–water partition coefficient (Wildman–Crippen LogP) is 3.24. The Kier molecular flexibility index (Phi) is 4.07. The van der Waals surface area contributed by atoms with E-state index in [1.165, 1.54) is 10.3 Å². The van der Waals surface area contributed by atoms with Crippen molar-refractivity contribution < 1.29 is 14.7 Å². The van der Waals surface area contributed by atoms with Crippen LogP contribution in [0.1, 0.15) is 31.7 Å². The van der Waals surface area contributed by atoms with Gasteiger partial charge in [0.25, 0.3) is 0 Å². The van der Waals surface area contributed by atoms with Crippen LogP contribution in [0.3, 0.4) is 0 Å². The highest BCUT2D eigenvalue weighted by molar-refractivity contribution is 5.88. The van der Waals surface area contributed by atoms with Crippen molar-refractivity contribution in [1.82, 2.24) is 4.90 Å². The zero-order chi connectivity index (χ0) is 16.4. The van der Waals surface area contributed by atoms with E-state index in [1.807, 2.05) is 18.2 Å². The highest BCUT2D eigenvalue weighted by Crippen LogP contribution is 2.30. The molecule has 0 bridgehead atoms. The zero-order valence-corrected chi connectivity index (χ0v) is 13.3. The Morgan fingerprint density at radius 2 is 1.91 bits per heavy atom. The van der Waals surface area contributed by atoms with Crippen LogP contribution in [0, 0.1) is 0 Å². The lowest BCUT2D eigenvalue weighted by Gasteiger charge is -2.31. The van der Waals surface area contributed by atoms with Crippen LogP contribution in [0.15, 0.2) is 42.5 Å². The largest absolute Gasteiger partial charge is 0.480 e. The number of carbonyl (C=O) groups is 2. The molecular weight excluding hydrogens is 290 g/mol. The van der Waals surface area contributed by atoms with Gasteiger partial charge in [-0.15, -0.1) is 0 Å². The van der Waals surface area contributed by atoms with Gasteiger partial charge in [0.05, 0.1) is 0 Å². The summed E-state index contributed by atoms with van der Waals surface area (Å²) in [6.07, 6.45) is 2.27. The Morgan fingerprint density at radius 3 is 2.65 bits per heavy atom. The third kappa shape index (κ3) is 2.93. The van der Waals surface area contributed by atoms with Gasteiger partial charge in [0.1, 0.15) is 5.54 Å². The lowest BCUT2D eigenvalue weighted by molar-refractivity contribution is -0.155. The molecule has 0 aromatic heterocycles. The van der Waals surface area contributed by atoms with Gasteiger partial charge in [0.15, 0.2) is 0 Å². The summed E-state index contributed by atoms with van der Waals surface area (Å²) < 4.78 is 0. The van der Waals surface area contributed by atoms with Crippen LogP contribution in [0.5, 0.6) is 0 Å². The molecule has 2 aromatic carbocycles. The van der Waals surface area contributed by atoms with Crippen molar-refractivity contribution in [3.05, 3.63) is 48.0 Å². The monoisotopic (exact) mass is 311 g/mol. The smallest absolute Gasteiger partial charge is 0.329 e. The highest BCUT2D eigenvalue weighted by atomic mass is 16.4. The molecule has 4 nitrogen and oxygen atoms in total. The maximum absolute atomic E-state index is 12.5. The molecule has 1 aliphatic rings. The van der Waals surface area contributed by atoms with Crippen molar-refractivity contribution in [3.8, 4) is 0 Å². The summed E-state index contributed by atoms with van der Waals surface area (Å²) in [5, 5.41) is 11.7. The van der Waals surface area contributed by atoms with Crippen LogP contribution >= 0.6 is 0 Å². The van der Waals surface area contributed by atoms with E-state index in [9.17, 15) is 14.7 Å². The maximum atomic E-state index is 12.5. The fraction of sp³-hybridized carbons (Fsp3) is 0.368. The number of aliphatic carboxylic acids is 1. The first-order valence-electron chi connectivity index (χ1n) is 8.02. The first-order valence-corrected chi connectivity index (χ1v) is 8.02. The number of hydrogen-bond acceptors (Lipinski definition) is 2. The minimum absolute atomic E-state index is 0.0689. The summed E-state index contributed by atoms with van der Waals surface area (Å²) in [5.74, 6) is -0.977. The van der Waals surface area contributed by atoms with Crippen LogP contribution < -0.4 is 0 Å². The van der Waals surface area contributed by atoms with E-state index in [4.69, 9.17) is 0 Å². The number of hydrogen-bond donors (Lipinski definition) is 1. The maximum Gasteiger partial charge on any atom is 0.329 e. The molecule has 0 aliphatic carbocycles. The highest BCUT2D eigenvalue weighted by Gasteiger charge is 2.45. The van der Waals surface area contributed by atoms with E-state index >= 15 is 0 Å². The number of nitrogens with zero attached hydrogens (tertiary/aromatic N) is 1. The van der Waals surface area contributed by atoms with Gasteiger partial charge in [-0.05, 0) is 42.5 Å². The Balaban J connectivity index is 1.69. The molecular formula is C19H21NO3. The van der Waals surface area contributed by atoms with Gasteiger partial charge < -0.3 is 10.0 Å². The van der Waals surface area contributed by atoms with E-state index in [0.717, 1.165) is 17.4 Å². The Labute approximate surface area is 135 Å². The number of carboxylic acids is 1. The molecule has 1 atom stereocenters. The molecule has 0 spiro atoms. The molecule has 1 saturated heterocycles. The quantitative estimate of drug-likeness (QED) is 0.943. The molecule has 1 fully saturated rings. The van der Waals surface area contributed by atoms with E-state index in [0.29, 0.717) is 25.8 Å². The van der Waals surface area contributed by atoms with Crippen LogP contribution in [0.4, 0.5) is 0 Å². The van der Waals surface area contributed by atoms with Crippen LogP contribution in [-0.2, 0) is 16.0 Å². The van der Waals surface area contributed by atoms with E-state index in [2.05, 4.69) is 24.3 Å². The fourth-order valence-corrected chi connectivity index (χ4v) is 3.37. The molecule has 1 aliphatic heterocycles. The summed E-state index contributed by atoms with van der Waals surface area (Å²) in [4.78, 5) is 25.5. The van der Waals surface area contributed by atoms with Gasteiger partial charge in [-0.1, -0.05) is 42.5 Å². The molecule has 1 amide bonds. The molecule has 120 valence electrons. The van der Waals surface area contributed by atoms with E-state index in [-0.39, 0.29) is 5.91 Å². The Hall–Kier alpha value is -2.36. The fourth-order valence-electron chi connectivity index (χ4n) is 3.37. The molecule has 23 heavy (non-hydrogen) atoms. The Morgan fingerprint density at radius 1 is 1.17 bits per heavy atom. The molecule has 0 saturated carbocycles. The summed E-state index contributed by atoms with van der Waals surface area (Å²) in [7, 11) is 0. The normalized spacial score (nSPS) is 20.8. The van der Waals surface area contributed by atoms with Crippen molar-refractivity contribution in [1.29, 1.82) is 0 Å². The topological polar surface area (TPSA) is 57.6 Å². The molecule has 0 radical (unpaired) electrons. The zero-order valence-electron chi connectivity index (χ0n) is 13.3. The number of rotatable bonds is 4. The molecule has 1 heterocycles. The predicted molar refractivity (Wildman–Crippen MR) is 89.3 cm³/mol. The third-order valence-electron chi connectivity index (χ3n) is 4.84. The van der Waals surface area contributed by atoms with Gasteiger partial charge in [-0.3, -0.25) is 4.79 Å². The number of likely N-dealkylation sites (tertiary alicyclic amines) is 1. The minimum atomic E-state index is -1.04. The molecule has 3 rings (SSSR count). The van der Waals surface area contributed by atoms with Crippen molar-refractivity contribution >= 4 is 22.6 Å². The van der Waals surface area contributed by atoms with Gasteiger partial charge >= 0.3 is 5.97 Å². The number of aryl methyl sites for hydroxylation is 1. The second-order valence-corrected chi connectivity index (χ2v) is 6.41. The first-order chi connectivity index (χ1) is 11.0. The van der Waals surface area contributed by atoms with E-state index < -0.39 is 11.5 Å². The number of carboxylic acid groups (broad SMARTS) is 1. The van der Waals surface area contributed by atoms with Gasteiger partial charge in [-0.2, -0.15) is 0 Å². The van der Waals surface area contributed by atoms with E-state index in [1.54, 1.807) is 6.92 Å². The van der Waals surface area contributed by atoms with Crippen molar-refractivity contribution in [3.63, 3.8) is 0 Å².